The van der Waals surface area contributed by atoms with Crippen LogP contribution >= 0.6 is 11.3 Å². The summed E-state index contributed by atoms with van der Waals surface area (Å²) in [5.41, 5.74) is 1.56. The molecule has 8 heteroatoms. The SMILES string of the molecule is COc1ccc(NC(=O)Cn2c(=O)n(C)c(=O)c3sc4c(c32)CCCC4)cc1. The molecule has 0 aliphatic heterocycles. The van der Waals surface area contributed by atoms with Crippen molar-refractivity contribution in [2.45, 2.75) is 32.2 Å². The minimum absolute atomic E-state index is 0.140. The zero-order valence-corrected chi connectivity index (χ0v) is 16.6. The number of thiophene rings is 1. The zero-order chi connectivity index (χ0) is 19.8. The second-order valence-corrected chi connectivity index (χ2v) is 8.00. The first-order valence-electron chi connectivity index (χ1n) is 9.17. The number of hydrogen-bond donors (Lipinski definition) is 1. The van der Waals surface area contributed by atoms with Crippen LogP contribution in [0.2, 0.25) is 0 Å². The number of methoxy groups -OCH3 is 1. The van der Waals surface area contributed by atoms with Crippen LogP contribution in [0.1, 0.15) is 23.3 Å². The number of aromatic nitrogens is 2. The fourth-order valence-electron chi connectivity index (χ4n) is 3.66. The van der Waals surface area contributed by atoms with E-state index in [9.17, 15) is 14.4 Å². The fraction of sp³-hybridized carbons (Fsp3) is 0.350. The number of ether oxygens (including phenoxy) is 1. The molecule has 3 aromatic rings. The average Bonchev–Trinajstić information content (AvgIpc) is 3.10. The quantitative estimate of drug-likeness (QED) is 0.730. The number of nitrogens with zero attached hydrogens (tertiary/aromatic N) is 2. The van der Waals surface area contributed by atoms with Gasteiger partial charge < -0.3 is 10.1 Å². The van der Waals surface area contributed by atoms with Crippen molar-refractivity contribution in [3.05, 3.63) is 55.5 Å². The minimum Gasteiger partial charge on any atom is -0.497 e. The molecule has 0 atom stereocenters. The van der Waals surface area contributed by atoms with Crippen LogP contribution in [0.4, 0.5) is 5.69 Å². The highest BCUT2D eigenvalue weighted by Gasteiger charge is 2.23. The van der Waals surface area contributed by atoms with E-state index >= 15 is 0 Å². The molecule has 2 heterocycles. The summed E-state index contributed by atoms with van der Waals surface area (Å²) in [5.74, 6) is 0.377. The highest BCUT2D eigenvalue weighted by Crippen LogP contribution is 2.34. The van der Waals surface area contributed by atoms with Crippen LogP contribution in [0.15, 0.2) is 33.9 Å². The molecule has 1 amide bonds. The minimum atomic E-state index is -0.464. The number of aryl methyl sites for hydroxylation is 2. The number of hydrogen-bond acceptors (Lipinski definition) is 5. The lowest BCUT2D eigenvalue weighted by Gasteiger charge is -2.14. The van der Waals surface area contributed by atoms with E-state index in [1.165, 1.54) is 23.0 Å². The maximum atomic E-state index is 12.8. The smallest absolute Gasteiger partial charge is 0.331 e. The van der Waals surface area contributed by atoms with Gasteiger partial charge in [-0.25, -0.2) is 4.79 Å². The van der Waals surface area contributed by atoms with Crippen molar-refractivity contribution in [3.63, 3.8) is 0 Å². The van der Waals surface area contributed by atoms with E-state index in [0.29, 0.717) is 21.7 Å². The van der Waals surface area contributed by atoms with E-state index < -0.39 is 5.69 Å². The molecule has 0 spiro atoms. The molecule has 0 saturated carbocycles. The van der Waals surface area contributed by atoms with Gasteiger partial charge in [0.1, 0.15) is 17.0 Å². The van der Waals surface area contributed by atoms with Crippen molar-refractivity contribution in [3.8, 4) is 5.75 Å². The van der Waals surface area contributed by atoms with Gasteiger partial charge in [-0.05, 0) is 55.5 Å². The molecule has 28 heavy (non-hydrogen) atoms. The van der Waals surface area contributed by atoms with E-state index in [0.717, 1.165) is 40.7 Å². The Morgan fingerprint density at radius 2 is 1.89 bits per heavy atom. The fourth-order valence-corrected chi connectivity index (χ4v) is 5.03. The summed E-state index contributed by atoms with van der Waals surface area (Å²) in [6, 6.07) is 6.98. The third-order valence-electron chi connectivity index (χ3n) is 5.11. The molecule has 0 saturated heterocycles. The number of anilines is 1. The molecular formula is C20H21N3O4S. The van der Waals surface area contributed by atoms with Crippen LogP contribution < -0.4 is 21.3 Å². The third kappa shape index (κ3) is 3.13. The molecule has 0 bridgehead atoms. The van der Waals surface area contributed by atoms with E-state index in [1.807, 2.05) is 0 Å². The number of carbonyl (C=O) groups is 1. The van der Waals surface area contributed by atoms with Gasteiger partial charge in [0.15, 0.2) is 0 Å². The molecule has 2 aromatic heterocycles. The van der Waals surface area contributed by atoms with Crippen LogP contribution in [-0.2, 0) is 31.2 Å². The maximum absolute atomic E-state index is 12.8. The molecule has 1 aliphatic carbocycles. The predicted octanol–water partition coefficient (Wildman–Crippen LogP) is 2.29. The standard InChI is InChI=1S/C20H21N3O4S/c1-22-19(25)18-17(14-5-3-4-6-15(14)28-18)23(20(22)26)11-16(24)21-12-7-9-13(27-2)10-8-12/h7-10H,3-6,11H2,1-2H3,(H,21,24). The van der Waals surface area contributed by atoms with Crippen LogP contribution in [-0.4, -0.2) is 22.2 Å². The number of nitrogens with one attached hydrogen (secondary N) is 1. The predicted molar refractivity (Wildman–Crippen MR) is 110 cm³/mol. The van der Waals surface area contributed by atoms with Crippen molar-refractivity contribution < 1.29 is 9.53 Å². The summed E-state index contributed by atoms with van der Waals surface area (Å²) in [6.45, 7) is -0.140. The highest BCUT2D eigenvalue weighted by molar-refractivity contribution is 7.19. The van der Waals surface area contributed by atoms with Gasteiger partial charge in [0.05, 0.1) is 12.6 Å². The van der Waals surface area contributed by atoms with Crippen LogP contribution in [0.5, 0.6) is 5.75 Å². The maximum Gasteiger partial charge on any atom is 0.331 e. The Labute approximate surface area is 165 Å². The lowest BCUT2D eigenvalue weighted by atomic mass is 9.98. The third-order valence-corrected chi connectivity index (χ3v) is 6.37. The number of amides is 1. The molecule has 0 unspecified atom stereocenters. The van der Waals surface area contributed by atoms with E-state index in [2.05, 4.69) is 5.32 Å². The summed E-state index contributed by atoms with van der Waals surface area (Å²) in [4.78, 5) is 39.2. The van der Waals surface area contributed by atoms with Crippen molar-refractivity contribution in [2.24, 2.45) is 7.05 Å². The lowest BCUT2D eigenvalue weighted by Crippen LogP contribution is -2.40. The van der Waals surface area contributed by atoms with E-state index in [1.54, 1.807) is 31.4 Å². The van der Waals surface area contributed by atoms with E-state index in [4.69, 9.17) is 4.74 Å². The molecule has 7 nitrogen and oxygen atoms in total. The first-order chi connectivity index (χ1) is 13.5. The van der Waals surface area contributed by atoms with Gasteiger partial charge in [-0.2, -0.15) is 0 Å². The Bertz CT molecular complexity index is 1170. The Kier molecular flexibility index (Phi) is 4.80. The zero-order valence-electron chi connectivity index (χ0n) is 15.8. The van der Waals surface area contributed by atoms with Crippen molar-refractivity contribution >= 4 is 33.1 Å². The van der Waals surface area contributed by atoms with Crippen molar-refractivity contribution in [1.82, 2.24) is 9.13 Å². The monoisotopic (exact) mass is 399 g/mol. The molecular weight excluding hydrogens is 378 g/mol. The van der Waals surface area contributed by atoms with Crippen LogP contribution in [0, 0.1) is 0 Å². The van der Waals surface area contributed by atoms with Gasteiger partial charge in [-0.1, -0.05) is 0 Å². The number of carbonyl (C=O) groups excluding carboxylic acids is 1. The normalized spacial score (nSPS) is 13.4. The lowest BCUT2D eigenvalue weighted by molar-refractivity contribution is -0.116. The first kappa shape index (κ1) is 18.5. The number of benzene rings is 1. The number of rotatable bonds is 4. The molecule has 146 valence electrons. The number of fused-ring (bicyclic) bond motifs is 3. The topological polar surface area (TPSA) is 82.3 Å². The molecule has 0 fully saturated rings. The second-order valence-electron chi connectivity index (χ2n) is 6.90. The largest absolute Gasteiger partial charge is 0.497 e. The summed E-state index contributed by atoms with van der Waals surface area (Å²) >= 11 is 1.46. The summed E-state index contributed by atoms with van der Waals surface area (Å²) in [7, 11) is 3.03. The van der Waals surface area contributed by atoms with Gasteiger partial charge in [0.2, 0.25) is 5.91 Å². The van der Waals surface area contributed by atoms with Crippen LogP contribution in [0.25, 0.3) is 10.2 Å². The Morgan fingerprint density at radius 3 is 2.61 bits per heavy atom. The van der Waals surface area contributed by atoms with Crippen LogP contribution in [0.3, 0.4) is 0 Å². The summed E-state index contributed by atoms with van der Waals surface area (Å²) in [5, 5.41) is 2.80. The second kappa shape index (κ2) is 7.27. The Morgan fingerprint density at radius 1 is 1.18 bits per heavy atom. The van der Waals surface area contributed by atoms with Gasteiger partial charge in [-0.15, -0.1) is 11.3 Å². The molecule has 1 aliphatic rings. The van der Waals surface area contributed by atoms with E-state index in [-0.39, 0.29) is 18.0 Å². The van der Waals surface area contributed by atoms with Gasteiger partial charge in [0, 0.05) is 17.6 Å². The molecule has 1 N–H and O–H groups in total. The van der Waals surface area contributed by atoms with Crippen molar-refractivity contribution in [1.29, 1.82) is 0 Å². The first-order valence-corrected chi connectivity index (χ1v) is 9.99. The van der Waals surface area contributed by atoms with Gasteiger partial charge in [0.25, 0.3) is 5.56 Å². The Hall–Kier alpha value is -2.87. The highest BCUT2D eigenvalue weighted by atomic mass is 32.1. The summed E-state index contributed by atoms with van der Waals surface area (Å²) < 4.78 is 8.20. The Balaban J connectivity index is 1.73. The molecule has 0 radical (unpaired) electrons. The summed E-state index contributed by atoms with van der Waals surface area (Å²) in [6.07, 6.45) is 3.87. The molecule has 4 rings (SSSR count). The molecule has 1 aromatic carbocycles. The van der Waals surface area contributed by atoms with Crippen molar-refractivity contribution in [2.75, 3.05) is 12.4 Å². The van der Waals surface area contributed by atoms with Gasteiger partial charge >= 0.3 is 5.69 Å². The van der Waals surface area contributed by atoms with Gasteiger partial charge in [-0.3, -0.25) is 18.7 Å². The average molecular weight is 399 g/mol.